The molecule has 0 amide bonds. The Balaban J connectivity index is 0.000000348. The van der Waals surface area contributed by atoms with Gasteiger partial charge in [-0.1, -0.05) is 6.07 Å². The fourth-order valence-corrected chi connectivity index (χ4v) is 7.02. The molecule has 0 saturated carbocycles. The van der Waals surface area contributed by atoms with Gasteiger partial charge in [0.2, 0.25) is 0 Å². The molecule has 1 aromatic carbocycles. The molecule has 0 fully saturated rings. The topological polar surface area (TPSA) is 259 Å². The van der Waals surface area contributed by atoms with Crippen LogP contribution in [-0.4, -0.2) is 90.4 Å². The van der Waals surface area contributed by atoms with Gasteiger partial charge in [-0.2, -0.15) is 36.9 Å². The number of aryl methyl sites for hydroxylation is 5. The first-order chi connectivity index (χ1) is 26.7. The molecule has 0 radical (unpaired) electrons. The number of carbonyl (C=O) groups excluding carboxylic acids is 1. The van der Waals surface area contributed by atoms with Crippen molar-refractivity contribution in [3.05, 3.63) is 70.8 Å². The normalized spacial score (nSPS) is 13.6. The molecule has 0 bridgehead atoms. The first-order valence-electron chi connectivity index (χ1n) is 18.0. The van der Waals surface area contributed by atoms with Gasteiger partial charge >= 0.3 is 45.9 Å². The number of anilines is 3. The zero-order valence-corrected chi connectivity index (χ0v) is 37.3. The van der Waals surface area contributed by atoms with Crippen LogP contribution in [-0.2, 0) is 61.8 Å². The number of carbonyl (C=O) groups is 1. The van der Waals surface area contributed by atoms with Gasteiger partial charge in [0.05, 0.1) is 54.3 Å². The van der Waals surface area contributed by atoms with Crippen LogP contribution in [0.4, 0.5) is 35.9 Å². The SMILES string of the molecule is Cn1cc(N(CC(C)(C)O)S(=O)(=O)N=C([O-])Nc2c3c(cc4c2CCC4)CCC3)cn1.Cn1cc(N)cn1.Cn1cc([N-]CC(C)(C)O)cn1.O=C([O-])CC(F)(F)F.[Na+]. The van der Waals surface area contributed by atoms with Gasteiger partial charge in [0.15, 0.2) is 0 Å². The van der Waals surface area contributed by atoms with Crippen LogP contribution in [0.15, 0.2) is 47.6 Å². The van der Waals surface area contributed by atoms with E-state index in [2.05, 4.69) is 36.4 Å². The fraction of sp³-hybridized carbons (Fsp3) is 0.528. The minimum absolute atomic E-state index is 0. The molecule has 0 aliphatic heterocycles. The molecule has 0 saturated heterocycles. The summed E-state index contributed by atoms with van der Waals surface area (Å²) in [5, 5.41) is 60.2. The van der Waals surface area contributed by atoms with Crippen molar-refractivity contribution in [2.45, 2.75) is 90.0 Å². The van der Waals surface area contributed by atoms with Crippen LogP contribution in [0.25, 0.3) is 5.32 Å². The number of carboxylic acids is 1. The number of hydrogen-bond donors (Lipinski definition) is 4. The number of nitrogens with one attached hydrogen (secondary N) is 1. The molecule has 322 valence electrons. The Bertz CT molecular complexity index is 2080. The number of nitrogen functional groups attached to an aromatic ring is 1. The number of nitrogens with zero attached hydrogens (tertiary/aromatic N) is 9. The van der Waals surface area contributed by atoms with Gasteiger partial charge in [-0.25, -0.2) is 4.31 Å². The predicted molar refractivity (Wildman–Crippen MR) is 208 cm³/mol. The Kier molecular flexibility index (Phi) is 18.3. The number of fused-ring (bicyclic) bond motifs is 2. The summed E-state index contributed by atoms with van der Waals surface area (Å²) in [7, 11) is 0.908. The molecule has 0 spiro atoms. The molecule has 5 N–H and O–H groups in total. The Hall–Kier alpha value is -4.35. The number of hydrogen-bond acceptors (Lipinski definition) is 11. The molecule has 6 rings (SSSR count). The monoisotopic (exact) mass is 861 g/mol. The summed E-state index contributed by atoms with van der Waals surface area (Å²) in [5.41, 5.74) is 10.4. The third-order valence-corrected chi connectivity index (χ3v) is 9.39. The van der Waals surface area contributed by atoms with Crippen LogP contribution in [0, 0.1) is 0 Å². The molecular formula is C36H51F3N11NaO7S-2. The van der Waals surface area contributed by atoms with Crippen molar-refractivity contribution >= 4 is 44.9 Å². The van der Waals surface area contributed by atoms with E-state index in [0.29, 0.717) is 12.2 Å². The van der Waals surface area contributed by atoms with Crippen molar-refractivity contribution < 1.29 is 76.4 Å². The number of rotatable bonds is 10. The van der Waals surface area contributed by atoms with Crippen molar-refractivity contribution in [3.63, 3.8) is 0 Å². The molecule has 23 heteroatoms. The number of aliphatic hydroxyl groups is 2. The predicted octanol–water partition coefficient (Wildman–Crippen LogP) is -1.06. The second kappa shape index (κ2) is 21.3. The van der Waals surface area contributed by atoms with Gasteiger partial charge in [0.25, 0.3) is 0 Å². The number of alkyl halides is 3. The van der Waals surface area contributed by atoms with Crippen LogP contribution in [0.5, 0.6) is 0 Å². The molecule has 0 unspecified atom stereocenters. The average Bonchev–Trinajstić information content (AvgIpc) is 3.91. The van der Waals surface area contributed by atoms with Crippen molar-refractivity contribution in [1.82, 2.24) is 29.3 Å². The third kappa shape index (κ3) is 17.8. The zero-order chi connectivity index (χ0) is 43.6. The van der Waals surface area contributed by atoms with Crippen LogP contribution in [0.3, 0.4) is 0 Å². The van der Waals surface area contributed by atoms with E-state index in [1.54, 1.807) is 48.8 Å². The van der Waals surface area contributed by atoms with Gasteiger partial charge in [-0.15, -0.1) is 16.6 Å². The van der Waals surface area contributed by atoms with Crippen molar-refractivity contribution in [1.29, 1.82) is 0 Å². The molecule has 59 heavy (non-hydrogen) atoms. The van der Waals surface area contributed by atoms with Gasteiger partial charge in [-0.3, -0.25) is 14.0 Å². The number of aromatic nitrogens is 6. The molecule has 4 aromatic rings. The van der Waals surface area contributed by atoms with Crippen LogP contribution in [0.1, 0.15) is 69.2 Å². The van der Waals surface area contributed by atoms with Crippen molar-refractivity contribution in [2.24, 2.45) is 25.5 Å². The zero-order valence-electron chi connectivity index (χ0n) is 34.5. The number of aliphatic carboxylic acids is 1. The Labute approximate surface area is 363 Å². The van der Waals surface area contributed by atoms with E-state index in [1.165, 1.54) is 42.0 Å². The summed E-state index contributed by atoms with van der Waals surface area (Å²) in [6.45, 7) is 6.57. The molecule has 2 aliphatic rings. The maximum absolute atomic E-state index is 13.0. The number of nitrogens with two attached hydrogens (primary N) is 1. The van der Waals surface area contributed by atoms with Gasteiger partial charge in [0, 0.05) is 57.2 Å². The molecule has 3 aromatic heterocycles. The summed E-state index contributed by atoms with van der Waals surface area (Å²) >= 11 is 0. The van der Waals surface area contributed by atoms with E-state index in [-0.39, 0.29) is 41.8 Å². The van der Waals surface area contributed by atoms with Crippen LogP contribution < -0.4 is 55.1 Å². The second-order valence-electron chi connectivity index (χ2n) is 15.0. The van der Waals surface area contributed by atoms with Gasteiger partial charge in [-0.05, 0) is 88.5 Å². The summed E-state index contributed by atoms with van der Waals surface area (Å²) in [4.78, 5) is 9.18. The summed E-state index contributed by atoms with van der Waals surface area (Å²) in [5.74, 6) is -2.10. The second-order valence-corrected chi connectivity index (χ2v) is 16.6. The molecule has 18 nitrogen and oxygen atoms in total. The molecular weight excluding hydrogens is 811 g/mol. The van der Waals surface area contributed by atoms with E-state index in [1.807, 2.05) is 20.3 Å². The molecule has 3 heterocycles. The van der Waals surface area contributed by atoms with Gasteiger partial charge in [0.1, 0.15) is 0 Å². The molecule has 2 aliphatic carbocycles. The number of halogens is 3. The largest absolute Gasteiger partial charge is 1.00 e. The maximum atomic E-state index is 13.0. The first-order valence-corrected chi connectivity index (χ1v) is 19.4. The van der Waals surface area contributed by atoms with E-state index in [0.717, 1.165) is 65.3 Å². The number of benzene rings is 1. The quantitative estimate of drug-likeness (QED) is 0.0846. The maximum Gasteiger partial charge on any atom is 1.00 e. The Morgan fingerprint density at radius 1 is 0.898 bits per heavy atom. The third-order valence-electron chi connectivity index (χ3n) is 8.10. The first kappa shape index (κ1) is 50.8. The standard InChI is InChI=1S/C21H29N5O4S.C8H14N3O.C4H7N3.C3H3F3O2.Na/c1-21(2,28)13-26(16-11-22-25(3)12-16)31(29,30)24-20(27)23-19-17-8-4-6-14(17)10-15-7-5-9-18(15)19;1-8(2,12)6-9-7-4-10-11(3)5-7;1-7-3-4(5)2-6-7;4-3(5,6)1-2(7)8;/h10-12,28H,4-9,13H2,1-3H3,(H2,23,24,27);4-5,12H,6H2,1-3H3;2-3H,5H2,1H3;1H2,(H,7,8);/q;-1;;;+1/p-2. The van der Waals surface area contributed by atoms with Crippen molar-refractivity contribution in [3.8, 4) is 0 Å². The summed E-state index contributed by atoms with van der Waals surface area (Å²) < 4.78 is 67.9. The summed E-state index contributed by atoms with van der Waals surface area (Å²) in [6, 6.07) is 1.31. The summed E-state index contributed by atoms with van der Waals surface area (Å²) in [6.07, 6.45) is 8.91. The van der Waals surface area contributed by atoms with Crippen LogP contribution in [0.2, 0.25) is 0 Å². The minimum Gasteiger partial charge on any atom is -0.845 e. The Morgan fingerprint density at radius 2 is 1.42 bits per heavy atom. The minimum atomic E-state index is -4.64. The van der Waals surface area contributed by atoms with E-state index in [4.69, 9.17) is 5.73 Å². The van der Waals surface area contributed by atoms with Crippen molar-refractivity contribution in [2.75, 3.05) is 28.4 Å². The van der Waals surface area contributed by atoms with Gasteiger partial charge < -0.3 is 41.6 Å². The average molecular weight is 862 g/mol. The number of carboxylic acid groups (broad SMARTS) is 1. The number of amidine groups is 1. The van der Waals surface area contributed by atoms with Crippen LogP contribution >= 0.6 is 0 Å². The molecule has 0 atom stereocenters. The fourth-order valence-electron chi connectivity index (χ4n) is 5.82. The van der Waals surface area contributed by atoms with E-state index >= 15 is 0 Å². The van der Waals surface area contributed by atoms with E-state index < -0.39 is 46.0 Å². The smallest absolute Gasteiger partial charge is 0.845 e. The Morgan fingerprint density at radius 3 is 1.80 bits per heavy atom. The van der Waals surface area contributed by atoms with E-state index in [9.17, 15) is 46.8 Å².